The molecule has 1 aromatic rings. The molecule has 0 aromatic heterocycles. The first-order chi connectivity index (χ1) is 10.8. The molecule has 1 fully saturated rings. The molecule has 23 heavy (non-hydrogen) atoms. The molecule has 2 amide bonds. The van der Waals surface area contributed by atoms with E-state index in [1.54, 1.807) is 17.0 Å². The summed E-state index contributed by atoms with van der Waals surface area (Å²) in [5, 5.41) is 2.83. The summed E-state index contributed by atoms with van der Waals surface area (Å²) in [4.78, 5) is 13.9. The molecular weight excluding hydrogens is 314 g/mol. The molecule has 0 atom stereocenters. The Morgan fingerprint density at radius 2 is 1.70 bits per heavy atom. The average molecular weight is 339 g/mol. The van der Waals surface area contributed by atoms with E-state index < -0.39 is 10.0 Å². The van der Waals surface area contributed by atoms with Gasteiger partial charge in [0.05, 0.1) is 4.90 Å². The number of piperazine rings is 1. The number of benzene rings is 1. The van der Waals surface area contributed by atoms with Crippen molar-refractivity contribution < 1.29 is 13.2 Å². The van der Waals surface area contributed by atoms with Gasteiger partial charge in [0, 0.05) is 32.2 Å². The number of carbonyl (C=O) groups excluding carboxylic acids is 1. The number of carbonyl (C=O) groups is 1. The first kappa shape index (κ1) is 17.7. The van der Waals surface area contributed by atoms with E-state index in [-0.39, 0.29) is 12.1 Å². The van der Waals surface area contributed by atoms with Crippen molar-refractivity contribution in [2.45, 2.75) is 38.1 Å². The van der Waals surface area contributed by atoms with Crippen LogP contribution in [-0.4, -0.2) is 55.9 Å². The lowest BCUT2D eigenvalue weighted by atomic mass is 10.2. The molecule has 6 nitrogen and oxygen atoms in total. The Labute approximate surface area is 138 Å². The fraction of sp³-hybridized carbons (Fsp3) is 0.562. The second-order valence-electron chi connectivity index (χ2n) is 5.99. The topological polar surface area (TPSA) is 69.7 Å². The van der Waals surface area contributed by atoms with Gasteiger partial charge in [-0.05, 0) is 38.0 Å². The SMILES string of the molecule is CCc1ccc(S(=O)(=O)N2CCN(C(=O)NC(C)C)CC2)cc1. The molecule has 0 saturated carbocycles. The molecular formula is C16H25N3O3S. The molecule has 128 valence electrons. The standard InChI is InChI=1S/C16H25N3O3S/c1-4-14-5-7-15(8-6-14)23(21,22)19-11-9-18(10-12-19)16(20)17-13(2)3/h5-8,13H,4,9-12H2,1-3H3,(H,17,20). The molecule has 0 radical (unpaired) electrons. The van der Waals surface area contributed by atoms with Crippen molar-refractivity contribution in [1.29, 1.82) is 0 Å². The third kappa shape index (κ3) is 4.23. The van der Waals surface area contributed by atoms with Crippen molar-refractivity contribution in [3.8, 4) is 0 Å². The van der Waals surface area contributed by atoms with Crippen molar-refractivity contribution in [3.05, 3.63) is 29.8 Å². The highest BCUT2D eigenvalue weighted by molar-refractivity contribution is 7.89. The minimum absolute atomic E-state index is 0.0707. The van der Waals surface area contributed by atoms with Crippen LogP contribution in [0.15, 0.2) is 29.2 Å². The lowest BCUT2D eigenvalue weighted by molar-refractivity contribution is 0.170. The highest BCUT2D eigenvalue weighted by atomic mass is 32.2. The van der Waals surface area contributed by atoms with Gasteiger partial charge in [-0.2, -0.15) is 4.31 Å². The normalized spacial score (nSPS) is 16.6. The number of hydrogen-bond acceptors (Lipinski definition) is 3. The van der Waals surface area contributed by atoms with Crippen LogP contribution in [0, 0.1) is 0 Å². The Morgan fingerprint density at radius 3 is 2.17 bits per heavy atom. The second kappa shape index (κ2) is 7.31. The van der Waals surface area contributed by atoms with Crippen LogP contribution in [-0.2, 0) is 16.4 Å². The molecule has 1 aromatic carbocycles. The zero-order valence-corrected chi connectivity index (χ0v) is 14.8. The van der Waals surface area contributed by atoms with Crippen molar-refractivity contribution in [3.63, 3.8) is 0 Å². The van der Waals surface area contributed by atoms with Gasteiger partial charge >= 0.3 is 6.03 Å². The predicted molar refractivity (Wildman–Crippen MR) is 89.8 cm³/mol. The Hall–Kier alpha value is -1.60. The third-order valence-electron chi connectivity index (χ3n) is 3.91. The van der Waals surface area contributed by atoms with E-state index in [4.69, 9.17) is 0 Å². The van der Waals surface area contributed by atoms with E-state index in [0.29, 0.717) is 31.1 Å². The maximum Gasteiger partial charge on any atom is 0.317 e. The van der Waals surface area contributed by atoms with Crippen molar-refractivity contribution in [2.24, 2.45) is 0 Å². The van der Waals surface area contributed by atoms with Gasteiger partial charge in [-0.25, -0.2) is 13.2 Å². The zero-order chi connectivity index (χ0) is 17.0. The molecule has 7 heteroatoms. The number of aryl methyl sites for hydroxylation is 1. The van der Waals surface area contributed by atoms with E-state index >= 15 is 0 Å². The highest BCUT2D eigenvalue weighted by Crippen LogP contribution is 2.18. The molecule has 0 unspecified atom stereocenters. The second-order valence-corrected chi connectivity index (χ2v) is 7.93. The van der Waals surface area contributed by atoms with Gasteiger partial charge in [-0.3, -0.25) is 0 Å². The lowest BCUT2D eigenvalue weighted by Crippen LogP contribution is -2.53. The summed E-state index contributed by atoms with van der Waals surface area (Å²) < 4.78 is 26.7. The Balaban J connectivity index is 2.01. The molecule has 1 N–H and O–H groups in total. The molecule has 1 aliphatic heterocycles. The van der Waals surface area contributed by atoms with Crippen LogP contribution in [0.5, 0.6) is 0 Å². The lowest BCUT2D eigenvalue weighted by Gasteiger charge is -2.34. The predicted octanol–water partition coefficient (Wildman–Crippen LogP) is 1.67. The van der Waals surface area contributed by atoms with Crippen LogP contribution in [0.4, 0.5) is 4.79 Å². The number of sulfonamides is 1. The summed E-state index contributed by atoms with van der Waals surface area (Å²) in [6, 6.07) is 6.95. The number of hydrogen-bond donors (Lipinski definition) is 1. The van der Waals surface area contributed by atoms with Gasteiger partial charge < -0.3 is 10.2 Å². The number of urea groups is 1. The highest BCUT2D eigenvalue weighted by Gasteiger charge is 2.30. The Morgan fingerprint density at radius 1 is 1.13 bits per heavy atom. The van der Waals surface area contributed by atoms with E-state index in [9.17, 15) is 13.2 Å². The largest absolute Gasteiger partial charge is 0.336 e. The fourth-order valence-electron chi connectivity index (χ4n) is 2.52. The van der Waals surface area contributed by atoms with E-state index in [0.717, 1.165) is 12.0 Å². The summed E-state index contributed by atoms with van der Waals surface area (Å²) in [5.74, 6) is 0. The Kier molecular flexibility index (Phi) is 5.64. The first-order valence-corrected chi connectivity index (χ1v) is 9.43. The monoisotopic (exact) mass is 339 g/mol. The van der Waals surface area contributed by atoms with Crippen LogP contribution in [0.1, 0.15) is 26.3 Å². The van der Waals surface area contributed by atoms with Gasteiger partial charge in [0.15, 0.2) is 0 Å². The van der Waals surface area contributed by atoms with Crippen LogP contribution < -0.4 is 5.32 Å². The Bertz CT molecular complexity index is 633. The minimum Gasteiger partial charge on any atom is -0.336 e. The minimum atomic E-state index is -3.48. The van der Waals surface area contributed by atoms with E-state index in [1.165, 1.54) is 4.31 Å². The van der Waals surface area contributed by atoms with E-state index in [2.05, 4.69) is 5.32 Å². The van der Waals surface area contributed by atoms with Crippen molar-refractivity contribution >= 4 is 16.1 Å². The zero-order valence-electron chi connectivity index (χ0n) is 13.9. The summed E-state index contributed by atoms with van der Waals surface area (Å²) in [5.41, 5.74) is 1.11. The molecule has 0 bridgehead atoms. The number of nitrogens with one attached hydrogen (secondary N) is 1. The third-order valence-corrected chi connectivity index (χ3v) is 5.82. The molecule has 0 aliphatic carbocycles. The van der Waals surface area contributed by atoms with Gasteiger partial charge in [0.1, 0.15) is 0 Å². The van der Waals surface area contributed by atoms with Crippen LogP contribution in [0.25, 0.3) is 0 Å². The number of rotatable bonds is 4. The van der Waals surface area contributed by atoms with Crippen LogP contribution in [0.2, 0.25) is 0 Å². The van der Waals surface area contributed by atoms with Crippen LogP contribution >= 0.6 is 0 Å². The quantitative estimate of drug-likeness (QED) is 0.907. The smallest absolute Gasteiger partial charge is 0.317 e. The molecule has 1 saturated heterocycles. The van der Waals surface area contributed by atoms with Crippen molar-refractivity contribution in [1.82, 2.24) is 14.5 Å². The molecule has 1 aliphatic rings. The number of nitrogens with zero attached hydrogens (tertiary/aromatic N) is 2. The van der Waals surface area contributed by atoms with Crippen molar-refractivity contribution in [2.75, 3.05) is 26.2 Å². The van der Waals surface area contributed by atoms with Gasteiger partial charge in [-0.1, -0.05) is 19.1 Å². The molecule has 0 spiro atoms. The fourth-order valence-corrected chi connectivity index (χ4v) is 3.94. The van der Waals surface area contributed by atoms with Gasteiger partial charge in [0.2, 0.25) is 10.0 Å². The molecule has 1 heterocycles. The summed E-state index contributed by atoms with van der Waals surface area (Å²) in [7, 11) is -3.48. The average Bonchev–Trinajstić information content (AvgIpc) is 2.54. The maximum atomic E-state index is 12.6. The maximum absolute atomic E-state index is 12.6. The van der Waals surface area contributed by atoms with Gasteiger partial charge in [0.25, 0.3) is 0 Å². The van der Waals surface area contributed by atoms with Gasteiger partial charge in [-0.15, -0.1) is 0 Å². The molecule has 2 rings (SSSR count). The summed E-state index contributed by atoms with van der Waals surface area (Å²) in [6.07, 6.45) is 0.879. The summed E-state index contributed by atoms with van der Waals surface area (Å²) >= 11 is 0. The summed E-state index contributed by atoms with van der Waals surface area (Å²) in [6.45, 7) is 7.30. The van der Waals surface area contributed by atoms with E-state index in [1.807, 2.05) is 32.9 Å². The first-order valence-electron chi connectivity index (χ1n) is 7.99. The number of amides is 2. The van der Waals surface area contributed by atoms with Crippen LogP contribution in [0.3, 0.4) is 0 Å².